The lowest BCUT2D eigenvalue weighted by atomic mass is 9.96. The number of rotatable bonds is 5. The first kappa shape index (κ1) is 21.3. The fourth-order valence-corrected chi connectivity index (χ4v) is 4.51. The van der Waals surface area contributed by atoms with Gasteiger partial charge in [0.15, 0.2) is 0 Å². The van der Waals surface area contributed by atoms with E-state index in [2.05, 4.69) is 15.5 Å². The van der Waals surface area contributed by atoms with E-state index in [0.717, 1.165) is 37.2 Å². The van der Waals surface area contributed by atoms with Crippen molar-refractivity contribution in [3.63, 3.8) is 0 Å². The van der Waals surface area contributed by atoms with E-state index in [-0.39, 0.29) is 29.7 Å². The van der Waals surface area contributed by atoms with E-state index in [4.69, 9.17) is 0 Å². The lowest BCUT2D eigenvalue weighted by Crippen LogP contribution is -2.49. The number of para-hydroxylation sites is 1. The third-order valence-electron chi connectivity index (χ3n) is 6.17. The molecule has 0 saturated carbocycles. The van der Waals surface area contributed by atoms with Crippen LogP contribution in [-0.2, 0) is 4.79 Å². The largest absolute Gasteiger partial charge is 0.338 e. The van der Waals surface area contributed by atoms with Gasteiger partial charge in [0, 0.05) is 25.3 Å². The molecule has 2 aromatic rings. The first-order valence-corrected chi connectivity index (χ1v) is 10.9. The topological polar surface area (TPSA) is 64.7 Å². The van der Waals surface area contributed by atoms with Gasteiger partial charge in [0.05, 0.1) is 11.7 Å². The molecule has 2 aromatic carbocycles. The standard InChI is InChI=1S/C24H29FN4O2/c1-17-8-10-19(11-9-17)27-24(31)26-15-18-5-4-13-28(16-18)22-12-14-29(23(22)30)21-7-3-2-6-20(21)25/h2-3,6-11,18,22H,4-5,12-16H2,1H3,(H2,26,27,31). The maximum atomic E-state index is 14.1. The Bertz CT molecular complexity index is 933. The molecule has 7 heteroatoms. The minimum absolute atomic E-state index is 0.0316. The summed E-state index contributed by atoms with van der Waals surface area (Å²) >= 11 is 0. The van der Waals surface area contributed by atoms with E-state index in [1.807, 2.05) is 31.2 Å². The van der Waals surface area contributed by atoms with Gasteiger partial charge in [-0.3, -0.25) is 9.69 Å². The molecule has 0 spiro atoms. The van der Waals surface area contributed by atoms with Crippen LogP contribution in [0.5, 0.6) is 0 Å². The zero-order valence-electron chi connectivity index (χ0n) is 17.8. The Labute approximate surface area is 182 Å². The van der Waals surface area contributed by atoms with Crippen LogP contribution in [0.15, 0.2) is 48.5 Å². The maximum absolute atomic E-state index is 14.1. The molecule has 2 fully saturated rings. The van der Waals surface area contributed by atoms with Gasteiger partial charge in [-0.25, -0.2) is 9.18 Å². The molecule has 2 heterocycles. The molecule has 6 nitrogen and oxygen atoms in total. The lowest BCUT2D eigenvalue weighted by Gasteiger charge is -2.36. The number of halogens is 1. The number of carbonyl (C=O) groups is 2. The molecule has 4 rings (SSSR count). The Hall–Kier alpha value is -2.93. The smallest absolute Gasteiger partial charge is 0.319 e. The second-order valence-corrected chi connectivity index (χ2v) is 8.45. The van der Waals surface area contributed by atoms with E-state index in [0.29, 0.717) is 25.2 Å². The Morgan fingerprint density at radius 1 is 1.10 bits per heavy atom. The summed E-state index contributed by atoms with van der Waals surface area (Å²) in [4.78, 5) is 29.0. The van der Waals surface area contributed by atoms with Crippen molar-refractivity contribution in [1.82, 2.24) is 10.2 Å². The van der Waals surface area contributed by atoms with Crippen LogP contribution in [0.3, 0.4) is 0 Å². The summed E-state index contributed by atoms with van der Waals surface area (Å²) in [6.07, 6.45) is 2.69. The van der Waals surface area contributed by atoms with Gasteiger partial charge in [-0.1, -0.05) is 29.8 Å². The molecule has 2 aliphatic rings. The molecule has 164 valence electrons. The van der Waals surface area contributed by atoms with Gasteiger partial charge in [0.2, 0.25) is 5.91 Å². The summed E-state index contributed by atoms with van der Waals surface area (Å²) in [7, 11) is 0. The molecule has 2 aliphatic heterocycles. The van der Waals surface area contributed by atoms with Crippen molar-refractivity contribution in [3.8, 4) is 0 Å². The third-order valence-corrected chi connectivity index (χ3v) is 6.17. The quantitative estimate of drug-likeness (QED) is 0.768. The zero-order chi connectivity index (χ0) is 21.8. The Balaban J connectivity index is 1.29. The number of benzene rings is 2. The molecule has 2 unspecified atom stereocenters. The highest BCUT2D eigenvalue weighted by Gasteiger charge is 2.39. The van der Waals surface area contributed by atoms with Crippen LogP contribution < -0.4 is 15.5 Å². The zero-order valence-corrected chi connectivity index (χ0v) is 17.8. The summed E-state index contributed by atoms with van der Waals surface area (Å²) < 4.78 is 14.1. The average molecular weight is 425 g/mol. The van der Waals surface area contributed by atoms with E-state index in [1.165, 1.54) is 6.07 Å². The summed E-state index contributed by atoms with van der Waals surface area (Å²) in [6.45, 7) is 4.71. The predicted molar refractivity (Wildman–Crippen MR) is 120 cm³/mol. The number of nitrogens with zero attached hydrogens (tertiary/aromatic N) is 2. The highest BCUT2D eigenvalue weighted by molar-refractivity contribution is 5.99. The molecule has 0 aliphatic carbocycles. The highest BCUT2D eigenvalue weighted by atomic mass is 19.1. The molecule has 0 bridgehead atoms. The van der Waals surface area contributed by atoms with Gasteiger partial charge in [-0.15, -0.1) is 0 Å². The number of amides is 3. The van der Waals surface area contributed by atoms with Gasteiger partial charge < -0.3 is 15.5 Å². The second kappa shape index (κ2) is 9.47. The second-order valence-electron chi connectivity index (χ2n) is 8.45. The molecule has 0 aromatic heterocycles. The fourth-order valence-electron chi connectivity index (χ4n) is 4.51. The number of nitrogens with one attached hydrogen (secondary N) is 2. The highest BCUT2D eigenvalue weighted by Crippen LogP contribution is 2.29. The van der Waals surface area contributed by atoms with Crippen LogP contribution in [0.4, 0.5) is 20.6 Å². The Kier molecular flexibility index (Phi) is 6.51. The number of aryl methyl sites for hydroxylation is 1. The van der Waals surface area contributed by atoms with Gasteiger partial charge in [0.1, 0.15) is 5.82 Å². The molecular formula is C24H29FN4O2. The van der Waals surface area contributed by atoms with Gasteiger partial charge in [0.25, 0.3) is 0 Å². The monoisotopic (exact) mass is 424 g/mol. The molecule has 2 N–H and O–H groups in total. The van der Waals surface area contributed by atoms with Crippen molar-refractivity contribution in [2.75, 3.05) is 36.4 Å². The van der Waals surface area contributed by atoms with Crippen molar-refractivity contribution in [1.29, 1.82) is 0 Å². The number of hydrogen-bond acceptors (Lipinski definition) is 3. The fraction of sp³-hybridized carbons (Fsp3) is 0.417. The minimum Gasteiger partial charge on any atom is -0.338 e. The number of likely N-dealkylation sites (tertiary alicyclic amines) is 1. The molecule has 2 saturated heterocycles. The van der Waals surface area contributed by atoms with Crippen LogP contribution in [0.1, 0.15) is 24.8 Å². The lowest BCUT2D eigenvalue weighted by molar-refractivity contribution is -0.122. The van der Waals surface area contributed by atoms with E-state index in [9.17, 15) is 14.0 Å². The van der Waals surface area contributed by atoms with E-state index in [1.54, 1.807) is 23.1 Å². The normalized spacial score (nSPS) is 21.9. The number of hydrogen-bond donors (Lipinski definition) is 2. The van der Waals surface area contributed by atoms with Gasteiger partial charge >= 0.3 is 6.03 Å². The van der Waals surface area contributed by atoms with Crippen LogP contribution in [-0.4, -0.2) is 49.1 Å². The van der Waals surface area contributed by atoms with Crippen LogP contribution in [0.25, 0.3) is 0 Å². The van der Waals surface area contributed by atoms with Gasteiger partial charge in [-0.05, 0) is 62.9 Å². The number of anilines is 2. The predicted octanol–water partition coefficient (Wildman–Crippen LogP) is 3.77. The van der Waals surface area contributed by atoms with Crippen molar-refractivity contribution in [3.05, 3.63) is 59.9 Å². The Morgan fingerprint density at radius 2 is 1.87 bits per heavy atom. The van der Waals surface area contributed by atoms with Crippen molar-refractivity contribution >= 4 is 23.3 Å². The first-order chi connectivity index (χ1) is 15.0. The molecular weight excluding hydrogens is 395 g/mol. The van der Waals surface area contributed by atoms with Gasteiger partial charge in [-0.2, -0.15) is 0 Å². The molecule has 0 radical (unpaired) electrons. The Morgan fingerprint density at radius 3 is 2.65 bits per heavy atom. The van der Waals surface area contributed by atoms with Crippen LogP contribution in [0.2, 0.25) is 0 Å². The summed E-state index contributed by atoms with van der Waals surface area (Å²) in [5, 5.41) is 5.81. The van der Waals surface area contributed by atoms with Crippen LogP contribution >= 0.6 is 0 Å². The SMILES string of the molecule is Cc1ccc(NC(=O)NCC2CCCN(C3CCN(c4ccccc4F)C3=O)C2)cc1. The number of carbonyl (C=O) groups excluding carboxylic acids is 2. The van der Waals surface area contributed by atoms with Crippen molar-refractivity contribution in [2.45, 2.75) is 32.2 Å². The van der Waals surface area contributed by atoms with Crippen molar-refractivity contribution in [2.24, 2.45) is 5.92 Å². The number of urea groups is 1. The van der Waals surface area contributed by atoms with Crippen molar-refractivity contribution < 1.29 is 14.0 Å². The van der Waals surface area contributed by atoms with E-state index < -0.39 is 0 Å². The maximum Gasteiger partial charge on any atom is 0.319 e. The summed E-state index contributed by atoms with van der Waals surface area (Å²) in [5.74, 6) is -0.111. The summed E-state index contributed by atoms with van der Waals surface area (Å²) in [6, 6.07) is 13.7. The third kappa shape index (κ3) is 5.05. The minimum atomic E-state index is -0.364. The molecule has 3 amide bonds. The van der Waals surface area contributed by atoms with E-state index >= 15 is 0 Å². The molecule has 2 atom stereocenters. The van der Waals surface area contributed by atoms with Crippen LogP contribution in [0, 0.1) is 18.7 Å². The molecule has 31 heavy (non-hydrogen) atoms. The number of piperidine rings is 1. The first-order valence-electron chi connectivity index (χ1n) is 10.9. The average Bonchev–Trinajstić information content (AvgIpc) is 3.15. The summed E-state index contributed by atoms with van der Waals surface area (Å²) in [5.41, 5.74) is 2.26.